The van der Waals surface area contributed by atoms with Gasteiger partial charge in [0, 0.05) is 19.3 Å². The van der Waals surface area contributed by atoms with Gasteiger partial charge in [-0.3, -0.25) is 4.68 Å². The fourth-order valence-electron chi connectivity index (χ4n) is 2.87. The Morgan fingerprint density at radius 3 is 3.00 bits per heavy atom. The zero-order chi connectivity index (χ0) is 15.8. The molecule has 0 radical (unpaired) electrons. The first-order valence-corrected chi connectivity index (χ1v) is 7.74. The highest BCUT2D eigenvalue weighted by Gasteiger charge is 2.22. The molecule has 0 spiro atoms. The molecule has 0 N–H and O–H groups in total. The lowest BCUT2D eigenvalue weighted by Crippen LogP contribution is -2.44. The van der Waals surface area contributed by atoms with Crippen molar-refractivity contribution in [1.29, 1.82) is 0 Å². The molecule has 1 unspecified atom stereocenters. The van der Waals surface area contributed by atoms with Gasteiger partial charge in [-0.1, -0.05) is 0 Å². The third-order valence-corrected chi connectivity index (χ3v) is 4.02. The second kappa shape index (κ2) is 5.62. The van der Waals surface area contributed by atoms with E-state index in [0.29, 0.717) is 6.61 Å². The van der Waals surface area contributed by atoms with E-state index in [2.05, 4.69) is 25.3 Å². The van der Waals surface area contributed by atoms with Gasteiger partial charge in [0.25, 0.3) is 0 Å². The first-order valence-electron chi connectivity index (χ1n) is 7.74. The molecule has 1 saturated heterocycles. The molecule has 0 saturated carbocycles. The van der Waals surface area contributed by atoms with Gasteiger partial charge in [0.05, 0.1) is 25.5 Å². The number of hydrogen-bond donors (Lipinski definition) is 0. The largest absolute Gasteiger partial charge is 0.373 e. The van der Waals surface area contributed by atoms with E-state index in [4.69, 9.17) is 4.74 Å². The summed E-state index contributed by atoms with van der Waals surface area (Å²) in [7, 11) is 0. The van der Waals surface area contributed by atoms with Crippen molar-refractivity contribution in [3.05, 3.63) is 35.9 Å². The van der Waals surface area contributed by atoms with Crippen molar-refractivity contribution in [2.75, 3.05) is 24.6 Å². The number of hydrogen-bond acceptors (Lipinski definition) is 6. The summed E-state index contributed by atoms with van der Waals surface area (Å²) >= 11 is 0. The van der Waals surface area contributed by atoms with Crippen LogP contribution in [-0.4, -0.2) is 55.4 Å². The topological polar surface area (TPSA) is 73.4 Å². The molecule has 23 heavy (non-hydrogen) atoms. The highest BCUT2D eigenvalue weighted by atomic mass is 16.5. The Hall–Kier alpha value is -2.48. The summed E-state index contributed by atoms with van der Waals surface area (Å²) < 4.78 is 9.59. The summed E-state index contributed by atoms with van der Waals surface area (Å²) in [5.41, 5.74) is 1.93. The minimum atomic E-state index is 0.0996. The molecular weight excluding hydrogens is 294 g/mol. The lowest BCUT2D eigenvalue weighted by Gasteiger charge is -2.33. The monoisotopic (exact) mass is 313 g/mol. The Morgan fingerprint density at radius 1 is 1.26 bits per heavy atom. The van der Waals surface area contributed by atoms with Crippen molar-refractivity contribution < 1.29 is 4.74 Å². The molecule has 1 aliphatic heterocycles. The Balaban J connectivity index is 1.52. The average Bonchev–Trinajstić information content (AvgIpc) is 3.14. The van der Waals surface area contributed by atoms with E-state index >= 15 is 0 Å². The van der Waals surface area contributed by atoms with Gasteiger partial charge in [0.1, 0.15) is 5.82 Å². The second-order valence-electron chi connectivity index (χ2n) is 5.89. The number of aromatic nitrogens is 6. The summed E-state index contributed by atoms with van der Waals surface area (Å²) in [5.74, 6) is 1.71. The molecule has 3 aromatic rings. The van der Waals surface area contributed by atoms with Crippen LogP contribution in [0.4, 0.5) is 5.82 Å². The molecule has 0 bridgehead atoms. The molecule has 4 heterocycles. The predicted octanol–water partition coefficient (Wildman–Crippen LogP) is 0.843. The van der Waals surface area contributed by atoms with Gasteiger partial charge in [0.15, 0.2) is 11.5 Å². The predicted molar refractivity (Wildman–Crippen MR) is 84.4 cm³/mol. The maximum atomic E-state index is 5.88. The Labute approximate surface area is 133 Å². The van der Waals surface area contributed by atoms with Gasteiger partial charge in [-0.15, -0.1) is 15.3 Å². The lowest BCUT2D eigenvalue weighted by molar-refractivity contribution is 0.0271. The van der Waals surface area contributed by atoms with Crippen LogP contribution in [0.3, 0.4) is 0 Å². The van der Waals surface area contributed by atoms with Crippen molar-refractivity contribution in [3.63, 3.8) is 0 Å². The number of morpholine rings is 1. The molecule has 0 aromatic carbocycles. The van der Waals surface area contributed by atoms with Crippen molar-refractivity contribution in [1.82, 2.24) is 29.6 Å². The number of aryl methyl sites for hydroxylation is 2. The van der Waals surface area contributed by atoms with Crippen LogP contribution in [0.15, 0.2) is 24.5 Å². The molecular formula is C15H19N7O. The third kappa shape index (κ3) is 2.77. The van der Waals surface area contributed by atoms with Crippen LogP contribution >= 0.6 is 0 Å². The fourth-order valence-corrected chi connectivity index (χ4v) is 2.87. The van der Waals surface area contributed by atoms with E-state index in [1.807, 2.05) is 43.1 Å². The summed E-state index contributed by atoms with van der Waals surface area (Å²) in [4.78, 5) is 2.24. The number of anilines is 1. The third-order valence-electron chi connectivity index (χ3n) is 4.02. The van der Waals surface area contributed by atoms with Crippen LogP contribution in [0.1, 0.15) is 11.4 Å². The van der Waals surface area contributed by atoms with Crippen molar-refractivity contribution in [2.45, 2.75) is 26.5 Å². The second-order valence-corrected chi connectivity index (χ2v) is 5.89. The Kier molecular flexibility index (Phi) is 3.45. The van der Waals surface area contributed by atoms with Gasteiger partial charge in [-0.2, -0.15) is 9.61 Å². The molecule has 1 atom stereocenters. The van der Waals surface area contributed by atoms with Crippen LogP contribution in [0.5, 0.6) is 0 Å². The van der Waals surface area contributed by atoms with E-state index in [1.54, 1.807) is 4.52 Å². The highest BCUT2D eigenvalue weighted by Crippen LogP contribution is 2.17. The number of rotatable bonds is 3. The maximum Gasteiger partial charge on any atom is 0.178 e. The smallest absolute Gasteiger partial charge is 0.178 e. The van der Waals surface area contributed by atoms with Crippen LogP contribution < -0.4 is 4.90 Å². The standard InChI is InChI=1S/C15H19N7O/c1-11-7-16-21(8-11)10-13-9-20(5-6-23-13)15-4-3-14-18-17-12(2)22(14)19-15/h3-4,7-8,13H,5-6,9-10H2,1-2H3. The van der Waals surface area contributed by atoms with Gasteiger partial charge < -0.3 is 9.64 Å². The molecule has 120 valence electrons. The van der Waals surface area contributed by atoms with E-state index in [-0.39, 0.29) is 6.10 Å². The van der Waals surface area contributed by atoms with Crippen LogP contribution in [0.2, 0.25) is 0 Å². The zero-order valence-electron chi connectivity index (χ0n) is 13.3. The van der Waals surface area contributed by atoms with Crippen LogP contribution in [0.25, 0.3) is 5.65 Å². The number of fused-ring (bicyclic) bond motifs is 1. The van der Waals surface area contributed by atoms with Gasteiger partial charge in [-0.05, 0) is 31.5 Å². The Bertz CT molecular complexity index is 824. The molecule has 8 nitrogen and oxygen atoms in total. The van der Waals surface area contributed by atoms with Crippen molar-refractivity contribution in [3.8, 4) is 0 Å². The fraction of sp³-hybridized carbons (Fsp3) is 0.467. The molecule has 0 aliphatic carbocycles. The summed E-state index contributed by atoms with van der Waals surface area (Å²) in [6.45, 7) is 6.99. The lowest BCUT2D eigenvalue weighted by atomic mass is 10.2. The molecule has 0 amide bonds. The van der Waals surface area contributed by atoms with Gasteiger partial charge >= 0.3 is 0 Å². The highest BCUT2D eigenvalue weighted by molar-refractivity contribution is 5.46. The molecule has 1 fully saturated rings. The average molecular weight is 313 g/mol. The van der Waals surface area contributed by atoms with Gasteiger partial charge in [-0.25, -0.2) is 0 Å². The minimum absolute atomic E-state index is 0.0996. The van der Waals surface area contributed by atoms with Crippen LogP contribution in [-0.2, 0) is 11.3 Å². The first-order chi connectivity index (χ1) is 11.2. The van der Waals surface area contributed by atoms with E-state index in [1.165, 1.54) is 0 Å². The maximum absolute atomic E-state index is 5.88. The SMILES string of the molecule is Cc1cnn(CC2CN(c3ccc4nnc(C)n4n3)CCO2)c1. The Morgan fingerprint density at radius 2 is 2.17 bits per heavy atom. The number of ether oxygens (including phenoxy) is 1. The number of nitrogens with zero attached hydrogens (tertiary/aromatic N) is 7. The summed E-state index contributed by atoms with van der Waals surface area (Å²) in [6.07, 6.45) is 4.00. The van der Waals surface area contributed by atoms with E-state index in [9.17, 15) is 0 Å². The summed E-state index contributed by atoms with van der Waals surface area (Å²) in [5, 5.41) is 17.1. The van der Waals surface area contributed by atoms with E-state index < -0.39 is 0 Å². The van der Waals surface area contributed by atoms with Crippen LogP contribution in [0, 0.1) is 13.8 Å². The molecule has 3 aromatic heterocycles. The summed E-state index contributed by atoms with van der Waals surface area (Å²) in [6, 6.07) is 3.94. The minimum Gasteiger partial charge on any atom is -0.373 e. The first kappa shape index (κ1) is 14.1. The molecule has 4 rings (SSSR count). The van der Waals surface area contributed by atoms with E-state index in [0.717, 1.165) is 42.5 Å². The molecule has 1 aliphatic rings. The van der Waals surface area contributed by atoms with Crippen molar-refractivity contribution >= 4 is 11.5 Å². The normalized spacial score (nSPS) is 18.7. The zero-order valence-corrected chi connectivity index (χ0v) is 13.3. The van der Waals surface area contributed by atoms with Crippen molar-refractivity contribution in [2.24, 2.45) is 0 Å². The quantitative estimate of drug-likeness (QED) is 0.713. The molecule has 8 heteroatoms. The van der Waals surface area contributed by atoms with Gasteiger partial charge in [0.2, 0.25) is 0 Å².